The highest BCUT2D eigenvalue weighted by Crippen LogP contribution is 2.25. The van der Waals surface area contributed by atoms with E-state index >= 15 is 0 Å². The summed E-state index contributed by atoms with van der Waals surface area (Å²) < 4.78 is 15.0. The van der Waals surface area contributed by atoms with Gasteiger partial charge in [0.2, 0.25) is 0 Å². The first kappa shape index (κ1) is 21.1. The molecule has 0 atom stereocenters. The Hall–Kier alpha value is -3.16. The average Bonchev–Trinajstić information content (AvgIpc) is 3.26. The second-order valence-electron chi connectivity index (χ2n) is 5.78. The van der Waals surface area contributed by atoms with Gasteiger partial charge < -0.3 is 19.2 Å². The van der Waals surface area contributed by atoms with E-state index in [0.29, 0.717) is 29.4 Å². The molecule has 8 heteroatoms. The number of carbonyl (C=O) groups excluding carboxylic acids is 3. The summed E-state index contributed by atoms with van der Waals surface area (Å²) in [6.45, 7) is 5.97. The van der Waals surface area contributed by atoms with Crippen molar-refractivity contribution >= 4 is 29.2 Å². The van der Waals surface area contributed by atoms with Crippen LogP contribution in [0.25, 0.3) is 5.57 Å². The van der Waals surface area contributed by atoms with Gasteiger partial charge >= 0.3 is 17.9 Å². The summed E-state index contributed by atoms with van der Waals surface area (Å²) in [5, 5.41) is 0. The number of esters is 3. The minimum absolute atomic E-state index is 0.0166. The Bertz CT molecular complexity index is 832. The van der Waals surface area contributed by atoms with Crippen molar-refractivity contribution in [1.82, 2.24) is 4.98 Å². The molecule has 0 spiro atoms. The highest BCUT2D eigenvalue weighted by Gasteiger charge is 2.23. The van der Waals surface area contributed by atoms with Crippen molar-refractivity contribution in [3.8, 4) is 0 Å². The third-order valence-electron chi connectivity index (χ3n) is 3.72. The molecule has 150 valence electrons. The van der Waals surface area contributed by atoms with Gasteiger partial charge in [0.1, 0.15) is 5.57 Å². The normalized spacial score (nSPS) is 14.5. The van der Waals surface area contributed by atoms with Gasteiger partial charge in [0.15, 0.2) is 0 Å². The lowest BCUT2D eigenvalue weighted by Crippen LogP contribution is -2.10. The van der Waals surface area contributed by atoms with E-state index < -0.39 is 5.97 Å². The Morgan fingerprint density at radius 2 is 1.54 bits per heavy atom. The zero-order valence-electron chi connectivity index (χ0n) is 16.2. The van der Waals surface area contributed by atoms with Crippen molar-refractivity contribution < 1.29 is 28.6 Å². The first-order valence-corrected chi connectivity index (χ1v) is 9.14. The highest BCUT2D eigenvalue weighted by atomic mass is 16.5. The number of H-pyrrole nitrogens is 1. The molecule has 28 heavy (non-hydrogen) atoms. The number of ether oxygens (including phenoxy) is 3. The van der Waals surface area contributed by atoms with Gasteiger partial charge in [-0.25, -0.2) is 4.79 Å². The summed E-state index contributed by atoms with van der Waals surface area (Å²) in [5.74, 6) is -1.30. The van der Waals surface area contributed by atoms with Gasteiger partial charge in [-0.05, 0) is 45.1 Å². The van der Waals surface area contributed by atoms with E-state index in [1.54, 1.807) is 45.1 Å². The molecule has 1 aromatic heterocycles. The number of rotatable bonds is 9. The van der Waals surface area contributed by atoms with E-state index in [-0.39, 0.29) is 43.6 Å². The molecule has 0 fully saturated rings. The molecule has 0 unspecified atom stereocenters. The fraction of sp³-hybridized carbons (Fsp3) is 0.400. The predicted molar refractivity (Wildman–Crippen MR) is 103 cm³/mol. The van der Waals surface area contributed by atoms with Crippen LogP contribution in [-0.4, -0.2) is 48.4 Å². The molecule has 2 heterocycles. The first-order chi connectivity index (χ1) is 13.5. The maximum Gasteiger partial charge on any atom is 0.342 e. The van der Waals surface area contributed by atoms with E-state index in [0.717, 1.165) is 0 Å². The van der Waals surface area contributed by atoms with Crippen molar-refractivity contribution in [2.75, 3.05) is 19.8 Å². The summed E-state index contributed by atoms with van der Waals surface area (Å²) >= 11 is 0. The number of aliphatic imine (C=N–C) groups is 1. The Labute approximate surface area is 163 Å². The molecular weight excluding hydrogens is 364 g/mol. The van der Waals surface area contributed by atoms with Crippen LogP contribution in [0.2, 0.25) is 0 Å². The number of nitrogens with one attached hydrogen (secondary N) is 1. The smallest absolute Gasteiger partial charge is 0.342 e. The molecule has 0 bridgehead atoms. The van der Waals surface area contributed by atoms with E-state index in [1.165, 1.54) is 0 Å². The molecule has 0 aromatic carbocycles. The third kappa shape index (κ3) is 5.67. The summed E-state index contributed by atoms with van der Waals surface area (Å²) in [7, 11) is 0. The van der Waals surface area contributed by atoms with E-state index in [2.05, 4.69) is 9.98 Å². The van der Waals surface area contributed by atoms with E-state index in [9.17, 15) is 14.4 Å². The maximum atomic E-state index is 12.5. The summed E-state index contributed by atoms with van der Waals surface area (Å²) in [6.07, 6.45) is 3.38. The largest absolute Gasteiger partial charge is 0.466 e. The summed E-state index contributed by atoms with van der Waals surface area (Å²) in [4.78, 5) is 43.2. The van der Waals surface area contributed by atoms with Crippen molar-refractivity contribution in [3.05, 3.63) is 41.4 Å². The summed E-state index contributed by atoms with van der Waals surface area (Å²) in [5.41, 5.74) is 2.18. The number of carbonyl (C=O) groups is 3. The number of aromatic nitrogens is 1. The number of hydrogen-bond acceptors (Lipinski definition) is 7. The Balaban J connectivity index is 2.30. The molecule has 1 N–H and O–H groups in total. The molecule has 0 saturated heterocycles. The van der Waals surface area contributed by atoms with Crippen molar-refractivity contribution in [2.24, 2.45) is 4.99 Å². The second kappa shape index (κ2) is 10.2. The third-order valence-corrected chi connectivity index (χ3v) is 3.72. The van der Waals surface area contributed by atoms with E-state index in [1.807, 2.05) is 0 Å². The Morgan fingerprint density at radius 3 is 2.18 bits per heavy atom. The Kier molecular flexibility index (Phi) is 7.74. The fourth-order valence-corrected chi connectivity index (χ4v) is 2.61. The lowest BCUT2D eigenvalue weighted by molar-refractivity contribution is -0.143. The van der Waals surface area contributed by atoms with Crippen LogP contribution < -0.4 is 0 Å². The quantitative estimate of drug-likeness (QED) is 0.395. The van der Waals surface area contributed by atoms with Crippen LogP contribution in [0.4, 0.5) is 0 Å². The first-order valence-electron chi connectivity index (χ1n) is 9.14. The second-order valence-corrected chi connectivity index (χ2v) is 5.78. The molecule has 0 aliphatic carbocycles. The zero-order valence-corrected chi connectivity index (χ0v) is 16.2. The zero-order chi connectivity index (χ0) is 20.5. The lowest BCUT2D eigenvalue weighted by Gasteiger charge is -2.07. The standard InChI is InChI=1S/C20H24N2O6/c1-4-26-17(23)11-13-7-9-15(21-13)19(20(25)28-6-3)16-10-8-14(22-16)12-18(24)27-5-2/h7-10,21H,4-6,11-12H2,1-3H3/b19-16+. The minimum atomic E-state index is -0.548. The molecule has 0 amide bonds. The minimum Gasteiger partial charge on any atom is -0.466 e. The number of allylic oxidation sites excluding steroid dienone is 2. The SMILES string of the molecule is CCOC(=O)CC1=N/C(=C(/C(=O)OCC)c2ccc(CC(=O)OCC)[nH]2)C=C1. The average molecular weight is 388 g/mol. The van der Waals surface area contributed by atoms with Gasteiger partial charge in [0.05, 0.1) is 49.8 Å². The predicted octanol–water partition coefficient (Wildman–Crippen LogP) is 2.36. The van der Waals surface area contributed by atoms with Gasteiger partial charge in [0.25, 0.3) is 0 Å². The maximum absolute atomic E-state index is 12.5. The fourth-order valence-electron chi connectivity index (χ4n) is 2.61. The molecular formula is C20H24N2O6. The van der Waals surface area contributed by atoms with Gasteiger partial charge in [-0.3, -0.25) is 14.6 Å². The number of nitrogens with zero attached hydrogens (tertiary/aromatic N) is 1. The van der Waals surface area contributed by atoms with Crippen molar-refractivity contribution in [1.29, 1.82) is 0 Å². The van der Waals surface area contributed by atoms with Gasteiger partial charge in [-0.15, -0.1) is 0 Å². The highest BCUT2D eigenvalue weighted by molar-refractivity contribution is 6.19. The molecule has 0 radical (unpaired) electrons. The van der Waals surface area contributed by atoms with E-state index in [4.69, 9.17) is 14.2 Å². The lowest BCUT2D eigenvalue weighted by atomic mass is 10.1. The summed E-state index contributed by atoms with van der Waals surface area (Å²) in [6, 6.07) is 3.38. The van der Waals surface area contributed by atoms with Crippen LogP contribution >= 0.6 is 0 Å². The molecule has 1 aromatic rings. The van der Waals surface area contributed by atoms with Crippen LogP contribution in [0, 0.1) is 0 Å². The van der Waals surface area contributed by atoms with Crippen LogP contribution in [0.15, 0.2) is 35.0 Å². The van der Waals surface area contributed by atoms with Crippen LogP contribution in [-0.2, 0) is 35.0 Å². The molecule has 0 saturated carbocycles. The molecule has 1 aliphatic heterocycles. The molecule has 8 nitrogen and oxygen atoms in total. The molecule has 1 aliphatic rings. The van der Waals surface area contributed by atoms with Gasteiger partial charge in [-0.1, -0.05) is 0 Å². The number of aromatic amines is 1. The molecule has 2 rings (SSSR count). The van der Waals surface area contributed by atoms with Gasteiger partial charge in [-0.2, -0.15) is 0 Å². The Morgan fingerprint density at radius 1 is 0.893 bits per heavy atom. The van der Waals surface area contributed by atoms with Crippen molar-refractivity contribution in [2.45, 2.75) is 33.6 Å². The topological polar surface area (TPSA) is 107 Å². The van der Waals surface area contributed by atoms with Crippen LogP contribution in [0.5, 0.6) is 0 Å². The van der Waals surface area contributed by atoms with Crippen LogP contribution in [0.1, 0.15) is 38.6 Å². The van der Waals surface area contributed by atoms with Crippen LogP contribution in [0.3, 0.4) is 0 Å². The monoisotopic (exact) mass is 388 g/mol. The van der Waals surface area contributed by atoms with Crippen molar-refractivity contribution in [3.63, 3.8) is 0 Å². The number of hydrogen-bond donors (Lipinski definition) is 1. The van der Waals surface area contributed by atoms with Gasteiger partial charge in [0, 0.05) is 5.69 Å².